The van der Waals surface area contributed by atoms with E-state index >= 15 is 0 Å². The van der Waals surface area contributed by atoms with Crippen molar-refractivity contribution in [3.63, 3.8) is 0 Å². The predicted molar refractivity (Wildman–Crippen MR) is 77.7 cm³/mol. The van der Waals surface area contributed by atoms with Gasteiger partial charge in [-0.15, -0.1) is 0 Å². The van der Waals surface area contributed by atoms with Crippen LogP contribution in [0.15, 0.2) is 0 Å². The maximum atomic E-state index is 12.5. The van der Waals surface area contributed by atoms with E-state index in [0.717, 1.165) is 0 Å². The molecule has 21 heavy (non-hydrogen) atoms. The molecule has 1 N–H and O–H groups in total. The van der Waals surface area contributed by atoms with E-state index in [2.05, 4.69) is 0 Å². The first-order chi connectivity index (χ1) is 9.62. The Kier molecular flexibility index (Phi) is 4.15. The summed E-state index contributed by atoms with van der Waals surface area (Å²) in [4.78, 5) is 12.5. The molecule has 0 aromatic heterocycles. The van der Waals surface area contributed by atoms with Crippen molar-refractivity contribution in [3.05, 3.63) is 0 Å². The van der Waals surface area contributed by atoms with Gasteiger partial charge in [-0.2, -0.15) is 0 Å². The van der Waals surface area contributed by atoms with E-state index in [0.29, 0.717) is 38.5 Å². The molecule has 0 aromatic carbocycles. The lowest BCUT2D eigenvalue weighted by Gasteiger charge is -2.45. The molecule has 0 aliphatic heterocycles. The number of hydrogen-bond acceptors (Lipinski definition) is 5. The molecule has 0 bridgehead atoms. The van der Waals surface area contributed by atoms with Gasteiger partial charge in [-0.3, -0.25) is 4.79 Å². The fraction of sp³-hybridized carbons (Fsp3) is 0.938. The third kappa shape index (κ3) is 2.96. The third-order valence-corrected chi connectivity index (χ3v) is 5.01. The Morgan fingerprint density at radius 1 is 0.952 bits per heavy atom. The summed E-state index contributed by atoms with van der Waals surface area (Å²) in [7, 11) is 3.24. The minimum absolute atomic E-state index is 0.264. The zero-order valence-corrected chi connectivity index (χ0v) is 13.8. The summed E-state index contributed by atoms with van der Waals surface area (Å²) < 4.78 is 16.4. The Morgan fingerprint density at radius 3 is 1.76 bits per heavy atom. The Hall–Kier alpha value is -0.650. The van der Waals surface area contributed by atoms with Gasteiger partial charge in [0.1, 0.15) is 5.60 Å². The van der Waals surface area contributed by atoms with E-state index in [4.69, 9.17) is 14.2 Å². The molecule has 0 radical (unpaired) electrons. The molecule has 0 unspecified atom stereocenters. The summed E-state index contributed by atoms with van der Waals surface area (Å²) in [6.07, 6.45) is 3.56. The number of carbonyl (C=O) groups is 1. The van der Waals surface area contributed by atoms with Crippen LogP contribution in [0.25, 0.3) is 0 Å². The van der Waals surface area contributed by atoms with Gasteiger partial charge in [-0.05, 0) is 46.5 Å². The highest BCUT2D eigenvalue weighted by Gasteiger charge is 2.66. The lowest BCUT2D eigenvalue weighted by Crippen LogP contribution is -2.53. The van der Waals surface area contributed by atoms with E-state index in [1.165, 1.54) is 0 Å². The Morgan fingerprint density at radius 2 is 1.43 bits per heavy atom. The smallest absolute Gasteiger partial charge is 0.315 e. The standard InChI is InChI=1S/C16H28O5/c1-13(2,3)21-12(17)14(6-7-14)15(18)8-10-16(19-4,20-5)11-9-15/h18H,6-11H2,1-5H3. The van der Waals surface area contributed by atoms with Gasteiger partial charge >= 0.3 is 5.97 Å². The van der Waals surface area contributed by atoms with Crippen LogP contribution in [0, 0.1) is 5.41 Å². The van der Waals surface area contributed by atoms with Crippen molar-refractivity contribution in [1.29, 1.82) is 0 Å². The average molecular weight is 300 g/mol. The summed E-state index contributed by atoms with van der Waals surface area (Å²) in [6, 6.07) is 0. The fourth-order valence-corrected chi connectivity index (χ4v) is 3.37. The Balaban J connectivity index is 2.10. The molecule has 5 heteroatoms. The quantitative estimate of drug-likeness (QED) is 0.638. The summed E-state index contributed by atoms with van der Waals surface area (Å²) in [5.41, 5.74) is -2.26. The molecule has 0 heterocycles. The summed E-state index contributed by atoms with van der Waals surface area (Å²) >= 11 is 0. The molecule has 2 saturated carbocycles. The van der Waals surface area contributed by atoms with Crippen LogP contribution < -0.4 is 0 Å². The second kappa shape index (κ2) is 5.21. The van der Waals surface area contributed by atoms with Gasteiger partial charge in [-0.25, -0.2) is 0 Å². The third-order valence-electron chi connectivity index (χ3n) is 5.01. The van der Waals surface area contributed by atoms with Gasteiger partial charge in [0.25, 0.3) is 0 Å². The van der Waals surface area contributed by atoms with Gasteiger partial charge in [0.05, 0.1) is 11.0 Å². The molecule has 5 nitrogen and oxygen atoms in total. The molecule has 0 saturated heterocycles. The highest BCUT2D eigenvalue weighted by molar-refractivity contribution is 5.82. The zero-order chi connectivity index (χ0) is 15.9. The number of rotatable bonds is 4. The molecule has 0 amide bonds. The van der Waals surface area contributed by atoms with Crippen LogP contribution >= 0.6 is 0 Å². The SMILES string of the molecule is COC1(OC)CCC(O)(C2(C(=O)OC(C)(C)C)CC2)CC1. The van der Waals surface area contributed by atoms with Gasteiger partial charge in [0.2, 0.25) is 0 Å². The van der Waals surface area contributed by atoms with E-state index in [-0.39, 0.29) is 5.97 Å². The van der Waals surface area contributed by atoms with Crippen LogP contribution in [0.2, 0.25) is 0 Å². The van der Waals surface area contributed by atoms with Gasteiger partial charge < -0.3 is 19.3 Å². The van der Waals surface area contributed by atoms with E-state index in [1.54, 1.807) is 14.2 Å². The number of esters is 1. The topological polar surface area (TPSA) is 65.0 Å². The van der Waals surface area contributed by atoms with Gasteiger partial charge in [0.15, 0.2) is 5.79 Å². The normalized spacial score (nSPS) is 26.2. The monoisotopic (exact) mass is 300 g/mol. The first kappa shape index (κ1) is 16.7. The first-order valence-corrected chi connectivity index (χ1v) is 7.68. The van der Waals surface area contributed by atoms with Crippen LogP contribution in [0.1, 0.15) is 59.3 Å². The summed E-state index contributed by atoms with van der Waals surface area (Å²) in [5, 5.41) is 11.0. The first-order valence-electron chi connectivity index (χ1n) is 7.68. The Bertz CT molecular complexity index is 391. The molecule has 2 aliphatic carbocycles. The minimum atomic E-state index is -1.00. The number of ether oxygens (including phenoxy) is 3. The molecule has 2 fully saturated rings. The van der Waals surface area contributed by atoms with Crippen molar-refractivity contribution in [2.75, 3.05) is 14.2 Å². The molecule has 0 spiro atoms. The maximum Gasteiger partial charge on any atom is 0.315 e. The molecule has 122 valence electrons. The predicted octanol–water partition coefficient (Wildman–Crippen LogP) is 2.40. The van der Waals surface area contributed by atoms with Crippen molar-refractivity contribution in [2.24, 2.45) is 5.41 Å². The fourth-order valence-electron chi connectivity index (χ4n) is 3.37. The van der Waals surface area contributed by atoms with Crippen LogP contribution in [0.4, 0.5) is 0 Å². The number of aliphatic hydroxyl groups is 1. The van der Waals surface area contributed by atoms with Crippen molar-refractivity contribution < 1.29 is 24.1 Å². The highest BCUT2D eigenvalue weighted by Crippen LogP contribution is 2.60. The summed E-state index contributed by atoms with van der Waals surface area (Å²) in [6.45, 7) is 5.56. The molecule has 2 rings (SSSR count). The highest BCUT2D eigenvalue weighted by atomic mass is 16.7. The van der Waals surface area contributed by atoms with Gasteiger partial charge in [0, 0.05) is 27.1 Å². The van der Waals surface area contributed by atoms with E-state index < -0.39 is 22.4 Å². The van der Waals surface area contributed by atoms with Crippen LogP contribution in [-0.4, -0.2) is 42.3 Å². The molecule has 0 atom stereocenters. The molecule has 0 aromatic rings. The van der Waals surface area contributed by atoms with Crippen molar-refractivity contribution >= 4 is 5.97 Å². The second-order valence-electron chi connectivity index (χ2n) is 7.43. The van der Waals surface area contributed by atoms with E-state index in [1.807, 2.05) is 20.8 Å². The largest absolute Gasteiger partial charge is 0.459 e. The number of hydrogen-bond donors (Lipinski definition) is 1. The molecular weight excluding hydrogens is 272 g/mol. The maximum absolute atomic E-state index is 12.5. The lowest BCUT2D eigenvalue weighted by molar-refractivity contribution is -0.250. The lowest BCUT2D eigenvalue weighted by atomic mass is 9.71. The molecular formula is C16H28O5. The van der Waals surface area contributed by atoms with Crippen LogP contribution in [0.5, 0.6) is 0 Å². The van der Waals surface area contributed by atoms with E-state index in [9.17, 15) is 9.90 Å². The average Bonchev–Trinajstić information content (AvgIpc) is 3.20. The van der Waals surface area contributed by atoms with Crippen LogP contribution in [-0.2, 0) is 19.0 Å². The minimum Gasteiger partial charge on any atom is -0.459 e. The van der Waals surface area contributed by atoms with Crippen molar-refractivity contribution in [1.82, 2.24) is 0 Å². The van der Waals surface area contributed by atoms with Crippen molar-refractivity contribution in [2.45, 2.75) is 76.3 Å². The Labute approximate surface area is 126 Å². The number of methoxy groups -OCH3 is 2. The summed E-state index contributed by atoms with van der Waals surface area (Å²) in [5.74, 6) is -0.893. The number of carbonyl (C=O) groups excluding carboxylic acids is 1. The van der Waals surface area contributed by atoms with Crippen LogP contribution in [0.3, 0.4) is 0 Å². The zero-order valence-electron chi connectivity index (χ0n) is 13.8. The van der Waals surface area contributed by atoms with Gasteiger partial charge in [-0.1, -0.05) is 0 Å². The molecule has 2 aliphatic rings. The van der Waals surface area contributed by atoms with Crippen molar-refractivity contribution in [3.8, 4) is 0 Å². The second-order valence-corrected chi connectivity index (χ2v) is 7.43.